The van der Waals surface area contributed by atoms with Crippen molar-refractivity contribution in [3.05, 3.63) is 75.6 Å². The third kappa shape index (κ3) is 6.28. The molecule has 5 heteroatoms. The van der Waals surface area contributed by atoms with Gasteiger partial charge < -0.3 is 14.3 Å². The fraction of sp³-hybridized carbons (Fsp3) is 0.448. The van der Waals surface area contributed by atoms with Crippen molar-refractivity contribution < 1.29 is 19.1 Å². The van der Waals surface area contributed by atoms with E-state index in [4.69, 9.17) is 9.15 Å². The monoisotopic (exact) mass is 464 g/mol. The molecule has 5 nitrogen and oxygen atoms in total. The minimum atomic E-state index is -0.668. The van der Waals surface area contributed by atoms with Crippen molar-refractivity contribution in [3.8, 4) is 5.75 Å². The highest BCUT2D eigenvalue weighted by atomic mass is 16.5. The Bertz CT molecular complexity index is 1130. The first-order valence-corrected chi connectivity index (χ1v) is 12.5. The lowest BCUT2D eigenvalue weighted by atomic mass is 9.78. The number of phenols is 1. The van der Waals surface area contributed by atoms with Gasteiger partial charge in [0, 0.05) is 5.39 Å². The van der Waals surface area contributed by atoms with Gasteiger partial charge in [-0.15, -0.1) is 0 Å². The van der Waals surface area contributed by atoms with Crippen LogP contribution in [0, 0.1) is 0 Å². The molecule has 0 bridgehead atoms. The SMILES string of the molecule is CCCCCCCOC(=O)c1cc2cc([C@H](CC)[C@@H](CC)c3ccc(O)cc3)ccc2oc1=O. The number of aromatic hydroxyl groups is 1. The molecule has 3 aromatic rings. The molecule has 1 N–H and O–H groups in total. The van der Waals surface area contributed by atoms with E-state index in [1.807, 2.05) is 24.3 Å². The topological polar surface area (TPSA) is 76.7 Å². The van der Waals surface area contributed by atoms with E-state index in [0.717, 1.165) is 44.1 Å². The van der Waals surface area contributed by atoms with Gasteiger partial charge in [-0.2, -0.15) is 0 Å². The molecule has 0 saturated heterocycles. The van der Waals surface area contributed by atoms with Crippen molar-refractivity contribution >= 4 is 16.9 Å². The number of benzene rings is 2. The van der Waals surface area contributed by atoms with E-state index >= 15 is 0 Å². The highest BCUT2D eigenvalue weighted by Gasteiger charge is 2.23. The second kappa shape index (κ2) is 12.4. The van der Waals surface area contributed by atoms with Crippen molar-refractivity contribution in [3.63, 3.8) is 0 Å². The summed E-state index contributed by atoms with van der Waals surface area (Å²) in [7, 11) is 0. The Labute approximate surface area is 201 Å². The first-order chi connectivity index (χ1) is 16.5. The molecule has 0 unspecified atom stereocenters. The summed E-state index contributed by atoms with van der Waals surface area (Å²) in [5, 5.41) is 10.4. The number of hydrogen-bond acceptors (Lipinski definition) is 5. The summed E-state index contributed by atoms with van der Waals surface area (Å²) in [6, 6.07) is 14.8. The van der Waals surface area contributed by atoms with Gasteiger partial charge in [0.1, 0.15) is 16.9 Å². The van der Waals surface area contributed by atoms with Gasteiger partial charge in [0.05, 0.1) is 6.61 Å². The second-order valence-electron chi connectivity index (χ2n) is 8.92. The molecule has 0 fully saturated rings. The smallest absolute Gasteiger partial charge is 0.351 e. The van der Waals surface area contributed by atoms with E-state index in [-0.39, 0.29) is 23.1 Å². The number of esters is 1. The van der Waals surface area contributed by atoms with Crippen molar-refractivity contribution in [2.45, 2.75) is 77.6 Å². The number of unbranched alkanes of at least 4 members (excludes halogenated alkanes) is 4. The summed E-state index contributed by atoms with van der Waals surface area (Å²) in [5.74, 6) is 0.146. The Hall–Kier alpha value is -3.08. The van der Waals surface area contributed by atoms with Crippen molar-refractivity contribution in [2.24, 2.45) is 0 Å². The quantitative estimate of drug-likeness (QED) is 0.173. The maximum Gasteiger partial charge on any atom is 0.351 e. The first-order valence-electron chi connectivity index (χ1n) is 12.5. The predicted octanol–water partition coefficient (Wildman–Crippen LogP) is 7.31. The number of phenolic OH excluding ortho intramolecular Hbond substituents is 1. The Morgan fingerprint density at radius 2 is 1.53 bits per heavy atom. The Morgan fingerprint density at radius 3 is 2.21 bits per heavy atom. The molecule has 1 heterocycles. The van der Waals surface area contributed by atoms with Crippen molar-refractivity contribution in [1.82, 2.24) is 0 Å². The van der Waals surface area contributed by atoms with Gasteiger partial charge in [-0.3, -0.25) is 0 Å². The zero-order chi connectivity index (χ0) is 24.5. The van der Waals surface area contributed by atoms with Crippen LogP contribution in [0.2, 0.25) is 0 Å². The van der Waals surface area contributed by atoms with Crippen LogP contribution in [-0.4, -0.2) is 17.7 Å². The maximum atomic E-state index is 12.5. The number of rotatable bonds is 12. The summed E-state index contributed by atoms with van der Waals surface area (Å²) in [6.07, 6.45) is 7.13. The molecule has 0 spiro atoms. The van der Waals surface area contributed by atoms with Crippen LogP contribution in [0.3, 0.4) is 0 Å². The predicted molar refractivity (Wildman–Crippen MR) is 136 cm³/mol. The fourth-order valence-electron chi connectivity index (χ4n) is 4.69. The van der Waals surface area contributed by atoms with Crippen molar-refractivity contribution in [2.75, 3.05) is 6.61 Å². The number of ether oxygens (including phenoxy) is 1. The van der Waals surface area contributed by atoms with Gasteiger partial charge in [0.2, 0.25) is 0 Å². The summed E-state index contributed by atoms with van der Waals surface area (Å²) in [4.78, 5) is 24.9. The third-order valence-corrected chi connectivity index (χ3v) is 6.57. The van der Waals surface area contributed by atoms with E-state index in [1.165, 1.54) is 12.0 Å². The van der Waals surface area contributed by atoms with E-state index in [9.17, 15) is 14.7 Å². The summed E-state index contributed by atoms with van der Waals surface area (Å²) in [6.45, 7) is 6.79. The van der Waals surface area contributed by atoms with Gasteiger partial charge in [0.15, 0.2) is 0 Å². The molecular formula is C29H36O5. The molecular weight excluding hydrogens is 428 g/mol. The molecule has 0 aliphatic carbocycles. The van der Waals surface area contributed by atoms with Gasteiger partial charge in [-0.05, 0) is 72.6 Å². The molecule has 3 rings (SSSR count). The third-order valence-electron chi connectivity index (χ3n) is 6.57. The molecule has 0 amide bonds. The van der Waals surface area contributed by atoms with E-state index in [1.54, 1.807) is 24.3 Å². The second-order valence-corrected chi connectivity index (χ2v) is 8.92. The molecule has 1 aromatic heterocycles. The zero-order valence-corrected chi connectivity index (χ0v) is 20.5. The largest absolute Gasteiger partial charge is 0.508 e. The van der Waals surface area contributed by atoms with Crippen LogP contribution in [0.1, 0.15) is 99.0 Å². The van der Waals surface area contributed by atoms with Gasteiger partial charge in [0.25, 0.3) is 0 Å². The minimum Gasteiger partial charge on any atom is -0.508 e. The maximum absolute atomic E-state index is 12.5. The van der Waals surface area contributed by atoms with Crippen LogP contribution in [0.25, 0.3) is 11.0 Å². The highest BCUT2D eigenvalue weighted by Crippen LogP contribution is 2.39. The Morgan fingerprint density at radius 1 is 0.882 bits per heavy atom. The van der Waals surface area contributed by atoms with Gasteiger partial charge in [-0.25, -0.2) is 9.59 Å². The Balaban J connectivity index is 1.83. The average Bonchev–Trinajstić information content (AvgIpc) is 2.84. The van der Waals surface area contributed by atoms with E-state index in [2.05, 4.69) is 20.8 Å². The minimum absolute atomic E-state index is 0.0585. The standard InChI is InChI=1S/C29H36O5/c1-4-7-8-9-10-17-33-28(31)26-19-22-18-21(13-16-27(22)34-29(26)32)25(6-3)24(5-2)20-11-14-23(30)15-12-20/h11-16,18-19,24-25,30H,4-10,17H2,1-3H3/t24-,25-/m0/s1. The zero-order valence-electron chi connectivity index (χ0n) is 20.5. The van der Waals surface area contributed by atoms with Gasteiger partial charge in [-0.1, -0.05) is 64.7 Å². The first kappa shape index (κ1) is 25.5. The van der Waals surface area contributed by atoms with Crippen LogP contribution >= 0.6 is 0 Å². The summed E-state index contributed by atoms with van der Waals surface area (Å²) >= 11 is 0. The molecule has 0 saturated carbocycles. The normalized spacial score (nSPS) is 13.0. The van der Waals surface area contributed by atoms with Gasteiger partial charge >= 0.3 is 11.6 Å². The lowest BCUT2D eigenvalue weighted by Gasteiger charge is -2.26. The van der Waals surface area contributed by atoms with Crippen molar-refractivity contribution in [1.29, 1.82) is 0 Å². The lowest BCUT2D eigenvalue weighted by Crippen LogP contribution is -2.17. The number of hydrogen-bond donors (Lipinski definition) is 1. The van der Waals surface area contributed by atoms with Crippen LogP contribution in [0.4, 0.5) is 0 Å². The molecule has 182 valence electrons. The molecule has 2 aromatic carbocycles. The van der Waals surface area contributed by atoms with E-state index < -0.39 is 11.6 Å². The fourth-order valence-corrected chi connectivity index (χ4v) is 4.69. The molecule has 0 aliphatic heterocycles. The average molecular weight is 465 g/mol. The molecule has 0 aliphatic rings. The van der Waals surface area contributed by atoms with Crippen LogP contribution in [0.5, 0.6) is 5.75 Å². The summed E-state index contributed by atoms with van der Waals surface area (Å²) in [5.41, 5.74) is 2.03. The van der Waals surface area contributed by atoms with Crippen LogP contribution in [-0.2, 0) is 4.74 Å². The summed E-state index contributed by atoms with van der Waals surface area (Å²) < 4.78 is 10.8. The highest BCUT2D eigenvalue weighted by molar-refractivity contribution is 5.93. The number of fused-ring (bicyclic) bond motifs is 1. The van der Waals surface area contributed by atoms with Crippen LogP contribution in [0.15, 0.2) is 57.7 Å². The Kier molecular flexibility index (Phi) is 9.32. The lowest BCUT2D eigenvalue weighted by molar-refractivity contribution is 0.0493. The number of carbonyl (C=O) groups is 1. The molecule has 0 radical (unpaired) electrons. The van der Waals surface area contributed by atoms with E-state index in [0.29, 0.717) is 17.6 Å². The molecule has 2 atom stereocenters. The molecule has 34 heavy (non-hydrogen) atoms. The van der Waals surface area contributed by atoms with Crippen LogP contribution < -0.4 is 5.63 Å². The number of carbonyl (C=O) groups excluding carboxylic acids is 1.